The van der Waals surface area contributed by atoms with E-state index in [0.29, 0.717) is 30.7 Å². The van der Waals surface area contributed by atoms with Crippen LogP contribution in [0.3, 0.4) is 0 Å². The molecule has 1 aliphatic rings. The number of aromatic nitrogens is 3. The third-order valence-corrected chi connectivity index (χ3v) is 4.40. The fourth-order valence-electron chi connectivity index (χ4n) is 3.19. The monoisotopic (exact) mass is 360 g/mol. The summed E-state index contributed by atoms with van der Waals surface area (Å²) in [5.41, 5.74) is 1.87. The number of rotatable bonds is 4. The number of urea groups is 1. The Bertz CT molecular complexity index is 772. The minimum Gasteiger partial charge on any atom is -0.424 e. The molecule has 1 fully saturated rings. The standard InChI is InChI=1S/C17H24N6O3/c1-10-5-11(2)18-15(6-10)19-17(25)23-7-13(14(24)8-23)22(4)9-16-21-20-12(3)26-16/h5-6,13-14,24H,7-9H2,1-4H3,(H,18,19,25)/t13?,14-/m1/s1. The van der Waals surface area contributed by atoms with Gasteiger partial charge in [0.15, 0.2) is 0 Å². The molecule has 0 aromatic carbocycles. The first-order valence-corrected chi connectivity index (χ1v) is 8.50. The van der Waals surface area contributed by atoms with Crippen molar-refractivity contribution in [3.05, 3.63) is 35.2 Å². The Morgan fingerprint density at radius 2 is 2.12 bits per heavy atom. The Kier molecular flexibility index (Phi) is 5.19. The second-order valence-corrected chi connectivity index (χ2v) is 6.77. The number of pyridine rings is 1. The van der Waals surface area contributed by atoms with Crippen molar-refractivity contribution < 1.29 is 14.3 Å². The first-order chi connectivity index (χ1) is 12.3. The molecule has 1 unspecified atom stereocenters. The summed E-state index contributed by atoms with van der Waals surface area (Å²) in [7, 11) is 1.86. The number of nitrogens with one attached hydrogen (secondary N) is 1. The lowest BCUT2D eigenvalue weighted by Gasteiger charge is -2.24. The van der Waals surface area contributed by atoms with Gasteiger partial charge in [-0.2, -0.15) is 0 Å². The van der Waals surface area contributed by atoms with Crippen LogP contribution in [-0.4, -0.2) is 68.4 Å². The Morgan fingerprint density at radius 3 is 2.77 bits per heavy atom. The maximum absolute atomic E-state index is 12.5. The number of hydrogen-bond donors (Lipinski definition) is 2. The van der Waals surface area contributed by atoms with E-state index in [-0.39, 0.29) is 18.6 Å². The lowest BCUT2D eigenvalue weighted by Crippen LogP contribution is -2.41. The maximum Gasteiger partial charge on any atom is 0.323 e. The quantitative estimate of drug-likeness (QED) is 0.840. The van der Waals surface area contributed by atoms with Gasteiger partial charge in [-0.3, -0.25) is 10.2 Å². The third-order valence-electron chi connectivity index (χ3n) is 4.40. The van der Waals surface area contributed by atoms with Gasteiger partial charge < -0.3 is 14.4 Å². The molecule has 3 heterocycles. The molecule has 9 heteroatoms. The van der Waals surface area contributed by atoms with Gasteiger partial charge in [0.2, 0.25) is 11.8 Å². The van der Waals surface area contributed by atoms with Gasteiger partial charge in [-0.05, 0) is 38.6 Å². The highest BCUT2D eigenvalue weighted by Gasteiger charge is 2.37. The number of likely N-dealkylation sites (tertiary alicyclic amines) is 1. The summed E-state index contributed by atoms with van der Waals surface area (Å²) >= 11 is 0. The van der Waals surface area contributed by atoms with Gasteiger partial charge in [-0.15, -0.1) is 10.2 Å². The predicted octanol–water partition coefficient (Wildman–Crippen LogP) is 1.10. The van der Waals surface area contributed by atoms with Crippen LogP contribution in [0.4, 0.5) is 10.6 Å². The van der Waals surface area contributed by atoms with Crippen molar-refractivity contribution in [2.75, 3.05) is 25.5 Å². The lowest BCUT2D eigenvalue weighted by molar-refractivity contribution is 0.0900. The number of carbonyl (C=O) groups is 1. The summed E-state index contributed by atoms with van der Waals surface area (Å²) in [6.07, 6.45) is -0.651. The van der Waals surface area contributed by atoms with Crippen molar-refractivity contribution in [2.24, 2.45) is 0 Å². The fraction of sp³-hybridized carbons (Fsp3) is 0.529. The van der Waals surface area contributed by atoms with E-state index in [1.54, 1.807) is 11.8 Å². The molecule has 140 valence electrons. The summed E-state index contributed by atoms with van der Waals surface area (Å²) < 4.78 is 5.38. The number of aryl methyl sites for hydroxylation is 3. The zero-order valence-corrected chi connectivity index (χ0v) is 15.4. The largest absolute Gasteiger partial charge is 0.424 e. The van der Waals surface area contributed by atoms with Crippen molar-refractivity contribution in [3.63, 3.8) is 0 Å². The molecule has 2 aromatic rings. The van der Waals surface area contributed by atoms with Gasteiger partial charge in [0.05, 0.1) is 25.2 Å². The number of anilines is 1. The molecule has 1 aliphatic heterocycles. The minimum absolute atomic E-state index is 0.208. The topological polar surface area (TPSA) is 108 Å². The van der Waals surface area contributed by atoms with E-state index in [4.69, 9.17) is 4.42 Å². The van der Waals surface area contributed by atoms with Crippen LogP contribution in [0.5, 0.6) is 0 Å². The Morgan fingerprint density at radius 1 is 1.35 bits per heavy atom. The van der Waals surface area contributed by atoms with Crippen LogP contribution >= 0.6 is 0 Å². The molecule has 3 rings (SSSR count). The Balaban J connectivity index is 1.61. The smallest absolute Gasteiger partial charge is 0.323 e. The van der Waals surface area contributed by atoms with Crippen LogP contribution in [0.15, 0.2) is 16.5 Å². The maximum atomic E-state index is 12.5. The van der Waals surface area contributed by atoms with Gasteiger partial charge in [0.1, 0.15) is 5.82 Å². The van der Waals surface area contributed by atoms with Gasteiger partial charge in [0, 0.05) is 19.2 Å². The molecular weight excluding hydrogens is 336 g/mol. The van der Waals surface area contributed by atoms with E-state index in [9.17, 15) is 9.90 Å². The highest BCUT2D eigenvalue weighted by molar-refractivity contribution is 5.88. The second-order valence-electron chi connectivity index (χ2n) is 6.77. The number of carbonyl (C=O) groups excluding carboxylic acids is 1. The molecule has 2 N–H and O–H groups in total. The van der Waals surface area contributed by atoms with Gasteiger partial charge in [0.25, 0.3) is 0 Å². The molecule has 1 saturated heterocycles. The normalized spacial score (nSPS) is 20.0. The summed E-state index contributed by atoms with van der Waals surface area (Å²) in [6, 6.07) is 3.28. The Hall–Kier alpha value is -2.52. The number of amides is 2. The fourth-order valence-corrected chi connectivity index (χ4v) is 3.19. The van der Waals surface area contributed by atoms with Crippen LogP contribution in [0.25, 0.3) is 0 Å². The molecule has 2 atom stereocenters. The predicted molar refractivity (Wildman–Crippen MR) is 94.6 cm³/mol. The van der Waals surface area contributed by atoms with E-state index < -0.39 is 6.10 Å². The lowest BCUT2D eigenvalue weighted by atomic mass is 10.2. The third kappa shape index (κ3) is 4.17. The summed E-state index contributed by atoms with van der Waals surface area (Å²) in [6.45, 7) is 6.64. The molecule has 9 nitrogen and oxygen atoms in total. The van der Waals surface area contributed by atoms with Crippen molar-refractivity contribution in [2.45, 2.75) is 39.5 Å². The van der Waals surface area contributed by atoms with Crippen LogP contribution in [0.2, 0.25) is 0 Å². The van der Waals surface area contributed by atoms with Crippen molar-refractivity contribution in [3.8, 4) is 0 Å². The number of aliphatic hydroxyl groups is 1. The van der Waals surface area contributed by atoms with Crippen molar-refractivity contribution >= 4 is 11.8 Å². The number of β-amino-alcohol motifs (C(OH)–C–C–N with tert-alkyl or cyclic N) is 1. The molecule has 0 bridgehead atoms. The first-order valence-electron chi connectivity index (χ1n) is 8.50. The van der Waals surface area contributed by atoms with Crippen LogP contribution < -0.4 is 5.32 Å². The van der Waals surface area contributed by atoms with E-state index in [1.807, 2.05) is 37.9 Å². The van der Waals surface area contributed by atoms with Gasteiger partial charge >= 0.3 is 6.03 Å². The summed E-state index contributed by atoms with van der Waals surface area (Å²) in [5, 5.41) is 20.9. The average Bonchev–Trinajstić information content (AvgIpc) is 3.12. The molecular formula is C17H24N6O3. The molecule has 0 radical (unpaired) electrons. The highest BCUT2D eigenvalue weighted by atomic mass is 16.4. The van der Waals surface area contributed by atoms with Crippen LogP contribution in [-0.2, 0) is 6.54 Å². The van der Waals surface area contributed by atoms with Crippen molar-refractivity contribution in [1.29, 1.82) is 0 Å². The summed E-state index contributed by atoms with van der Waals surface area (Å²) in [4.78, 5) is 20.3. The zero-order valence-electron chi connectivity index (χ0n) is 15.4. The second kappa shape index (κ2) is 7.38. The SMILES string of the molecule is Cc1cc(C)nc(NC(=O)N2CC(N(C)Cc3nnc(C)o3)[C@H](O)C2)c1. The molecule has 2 amide bonds. The van der Waals surface area contributed by atoms with Crippen molar-refractivity contribution in [1.82, 2.24) is 25.0 Å². The summed E-state index contributed by atoms with van der Waals surface area (Å²) in [5.74, 6) is 1.50. The number of hydrogen-bond acceptors (Lipinski definition) is 7. The number of nitrogens with zero attached hydrogens (tertiary/aromatic N) is 5. The van der Waals surface area contributed by atoms with E-state index in [1.165, 1.54) is 0 Å². The molecule has 0 aliphatic carbocycles. The number of aliphatic hydroxyl groups excluding tert-OH is 1. The van der Waals surface area contributed by atoms with Crippen LogP contribution in [0, 0.1) is 20.8 Å². The molecule has 2 aromatic heterocycles. The van der Waals surface area contributed by atoms with Gasteiger partial charge in [-0.25, -0.2) is 9.78 Å². The van der Waals surface area contributed by atoms with E-state index >= 15 is 0 Å². The van der Waals surface area contributed by atoms with Crippen LogP contribution in [0.1, 0.15) is 23.0 Å². The minimum atomic E-state index is -0.651. The number of likely N-dealkylation sites (N-methyl/N-ethyl adjacent to an activating group) is 1. The first kappa shape index (κ1) is 18.3. The highest BCUT2D eigenvalue weighted by Crippen LogP contribution is 2.19. The molecule has 0 saturated carbocycles. The van der Waals surface area contributed by atoms with E-state index in [0.717, 1.165) is 11.3 Å². The van der Waals surface area contributed by atoms with E-state index in [2.05, 4.69) is 20.5 Å². The Labute approximate surface area is 152 Å². The van der Waals surface area contributed by atoms with Gasteiger partial charge in [-0.1, -0.05) is 0 Å². The molecule has 0 spiro atoms. The average molecular weight is 360 g/mol. The zero-order chi connectivity index (χ0) is 18.8. The molecule has 26 heavy (non-hydrogen) atoms.